The number of carbonyl (C=O) groups is 1. The van der Waals surface area contributed by atoms with Crippen LogP contribution in [-0.2, 0) is 4.79 Å². The Morgan fingerprint density at radius 2 is 1.93 bits per heavy atom. The first-order chi connectivity index (χ1) is 12.9. The lowest BCUT2D eigenvalue weighted by Crippen LogP contribution is -2.44. The molecule has 0 bridgehead atoms. The highest BCUT2D eigenvalue weighted by Crippen LogP contribution is 2.31. The Kier molecular flexibility index (Phi) is 5.85. The summed E-state index contributed by atoms with van der Waals surface area (Å²) in [5.41, 5.74) is 0.0326. The first-order valence-corrected chi connectivity index (χ1v) is 9.36. The first-order valence-electron chi connectivity index (χ1n) is 8.48. The van der Waals surface area contributed by atoms with E-state index in [9.17, 15) is 14.9 Å². The number of hydrogen-bond donors (Lipinski definition) is 0. The topological polar surface area (TPSA) is 81.9 Å². The van der Waals surface area contributed by atoms with E-state index < -0.39 is 4.92 Å². The van der Waals surface area contributed by atoms with Gasteiger partial charge >= 0.3 is 0 Å². The lowest BCUT2D eigenvalue weighted by atomic mass is 10.2. The zero-order chi connectivity index (χ0) is 19.4. The molecule has 1 aliphatic rings. The van der Waals surface area contributed by atoms with Crippen LogP contribution in [0.5, 0.6) is 11.5 Å². The van der Waals surface area contributed by atoms with Crippen molar-refractivity contribution in [3.05, 3.63) is 58.6 Å². The van der Waals surface area contributed by atoms with Crippen molar-refractivity contribution in [3.63, 3.8) is 0 Å². The maximum absolute atomic E-state index is 12.6. The van der Waals surface area contributed by atoms with Crippen molar-refractivity contribution >= 4 is 23.4 Å². The molecule has 0 saturated heterocycles. The van der Waals surface area contributed by atoms with Gasteiger partial charge in [0.25, 0.3) is 5.69 Å². The van der Waals surface area contributed by atoms with Gasteiger partial charge in [-0.05, 0) is 31.2 Å². The van der Waals surface area contributed by atoms with Crippen LogP contribution in [0.25, 0.3) is 0 Å². The van der Waals surface area contributed by atoms with Gasteiger partial charge in [-0.15, -0.1) is 11.8 Å². The third-order valence-corrected chi connectivity index (χ3v) is 5.23. The van der Waals surface area contributed by atoms with Crippen molar-refractivity contribution in [2.75, 3.05) is 20.2 Å². The molecule has 2 aromatic carbocycles. The van der Waals surface area contributed by atoms with Crippen molar-refractivity contribution in [2.24, 2.45) is 0 Å². The summed E-state index contributed by atoms with van der Waals surface area (Å²) in [5, 5.41) is 10.4. The molecule has 0 aliphatic carbocycles. The molecule has 0 N–H and O–H groups in total. The monoisotopic (exact) mass is 388 g/mol. The maximum Gasteiger partial charge on any atom is 0.269 e. The van der Waals surface area contributed by atoms with Gasteiger partial charge in [0.2, 0.25) is 5.91 Å². The van der Waals surface area contributed by atoms with E-state index in [2.05, 4.69) is 0 Å². The van der Waals surface area contributed by atoms with E-state index in [0.717, 1.165) is 4.90 Å². The molecule has 1 amide bonds. The second-order valence-corrected chi connectivity index (χ2v) is 7.64. The fourth-order valence-electron chi connectivity index (χ4n) is 2.76. The summed E-state index contributed by atoms with van der Waals surface area (Å²) in [6.45, 7) is 2.62. The van der Waals surface area contributed by atoms with Crippen LogP contribution in [0.3, 0.4) is 0 Å². The highest BCUT2D eigenvalue weighted by atomic mass is 32.2. The van der Waals surface area contributed by atoms with Crippen molar-refractivity contribution in [1.29, 1.82) is 0 Å². The van der Waals surface area contributed by atoms with E-state index in [-0.39, 0.29) is 22.9 Å². The molecule has 2 aromatic rings. The number of likely N-dealkylation sites (N-methyl/N-ethyl adjacent to an activating group) is 1. The minimum Gasteiger partial charge on any atom is -0.486 e. The smallest absolute Gasteiger partial charge is 0.269 e. The molecule has 3 rings (SSSR count). The summed E-state index contributed by atoms with van der Waals surface area (Å²) in [6, 6.07) is 13.6. The summed E-state index contributed by atoms with van der Waals surface area (Å²) >= 11 is 1.37. The molecule has 0 spiro atoms. The Bertz CT molecular complexity index is 827. The Morgan fingerprint density at radius 1 is 1.26 bits per heavy atom. The number of para-hydroxylation sites is 2. The number of non-ortho nitro benzene ring substituents is 1. The molecule has 27 heavy (non-hydrogen) atoms. The van der Waals surface area contributed by atoms with Gasteiger partial charge in [-0.3, -0.25) is 14.9 Å². The third-order valence-electron chi connectivity index (χ3n) is 4.13. The van der Waals surface area contributed by atoms with Crippen LogP contribution in [-0.4, -0.2) is 47.3 Å². The van der Waals surface area contributed by atoms with Gasteiger partial charge in [-0.25, -0.2) is 0 Å². The van der Waals surface area contributed by atoms with E-state index >= 15 is 0 Å². The number of benzene rings is 2. The van der Waals surface area contributed by atoms with Gasteiger partial charge < -0.3 is 14.4 Å². The van der Waals surface area contributed by atoms with Gasteiger partial charge in [-0.1, -0.05) is 12.1 Å². The van der Waals surface area contributed by atoms with E-state index in [1.54, 1.807) is 24.1 Å². The van der Waals surface area contributed by atoms with Crippen LogP contribution in [0, 0.1) is 10.1 Å². The van der Waals surface area contributed by atoms with Crippen LogP contribution >= 0.6 is 11.8 Å². The molecule has 2 atom stereocenters. The molecular formula is C19H20N2O5S. The fraction of sp³-hybridized carbons (Fsp3) is 0.316. The lowest BCUT2D eigenvalue weighted by molar-refractivity contribution is -0.384. The van der Waals surface area contributed by atoms with Crippen molar-refractivity contribution in [3.8, 4) is 11.5 Å². The minimum atomic E-state index is -0.443. The zero-order valence-electron chi connectivity index (χ0n) is 15.0. The molecule has 0 aromatic heterocycles. The number of hydrogen-bond acceptors (Lipinski definition) is 6. The summed E-state index contributed by atoms with van der Waals surface area (Å²) in [6.07, 6.45) is -0.231. The molecular weight excluding hydrogens is 368 g/mol. The number of thioether (sulfide) groups is 1. The van der Waals surface area contributed by atoms with E-state index in [4.69, 9.17) is 9.47 Å². The molecule has 1 aliphatic heterocycles. The van der Waals surface area contributed by atoms with Crippen LogP contribution in [0.4, 0.5) is 5.69 Å². The Balaban J connectivity index is 1.54. The SMILES string of the molecule is CC(Sc1ccc([N+](=O)[O-])cc1)C(=O)N(C)CC1COc2ccccc2O1. The predicted octanol–water partition coefficient (Wildman–Crippen LogP) is 3.37. The Morgan fingerprint density at radius 3 is 2.59 bits per heavy atom. The van der Waals surface area contributed by atoms with Crippen LogP contribution in [0.2, 0.25) is 0 Å². The highest BCUT2D eigenvalue weighted by Gasteiger charge is 2.26. The number of nitrogens with zero attached hydrogens (tertiary/aromatic N) is 2. The first kappa shape index (κ1) is 19.0. The molecule has 0 fully saturated rings. The Hall–Kier alpha value is -2.74. The van der Waals surface area contributed by atoms with Gasteiger partial charge in [0.1, 0.15) is 6.61 Å². The predicted molar refractivity (Wildman–Crippen MR) is 102 cm³/mol. The number of nitro benzene ring substituents is 1. The summed E-state index contributed by atoms with van der Waals surface area (Å²) in [7, 11) is 1.74. The molecule has 2 unspecified atom stereocenters. The highest BCUT2D eigenvalue weighted by molar-refractivity contribution is 8.00. The quantitative estimate of drug-likeness (QED) is 0.429. The van der Waals surface area contributed by atoms with E-state index in [0.29, 0.717) is 24.7 Å². The second-order valence-electron chi connectivity index (χ2n) is 6.23. The number of amides is 1. The number of rotatable bonds is 6. The Labute approximate surface area is 161 Å². The molecule has 142 valence electrons. The average Bonchev–Trinajstić information content (AvgIpc) is 2.67. The second kappa shape index (κ2) is 8.30. The van der Waals surface area contributed by atoms with E-state index in [1.165, 1.54) is 23.9 Å². The van der Waals surface area contributed by atoms with Gasteiger partial charge in [0, 0.05) is 24.1 Å². The minimum absolute atomic E-state index is 0.0326. The molecule has 0 saturated carbocycles. The van der Waals surface area contributed by atoms with Gasteiger partial charge in [0.15, 0.2) is 17.6 Å². The average molecular weight is 388 g/mol. The standard InChI is InChI=1S/C19H20N2O5S/c1-13(27-16-9-7-14(8-10-16)21(23)24)19(22)20(2)11-15-12-25-17-5-3-4-6-18(17)26-15/h3-10,13,15H,11-12H2,1-2H3. The molecule has 8 heteroatoms. The van der Waals surface area contributed by atoms with Crippen molar-refractivity contribution < 1.29 is 19.2 Å². The number of ether oxygens (including phenoxy) is 2. The molecule has 0 radical (unpaired) electrons. The molecule has 7 nitrogen and oxygen atoms in total. The third kappa shape index (κ3) is 4.71. The molecule has 1 heterocycles. The van der Waals surface area contributed by atoms with Crippen molar-refractivity contribution in [1.82, 2.24) is 4.90 Å². The van der Waals surface area contributed by atoms with Crippen LogP contribution in [0.1, 0.15) is 6.92 Å². The summed E-state index contributed by atoms with van der Waals surface area (Å²) in [4.78, 5) is 25.3. The van der Waals surface area contributed by atoms with Crippen molar-refractivity contribution in [2.45, 2.75) is 23.2 Å². The van der Waals surface area contributed by atoms with Crippen LogP contribution < -0.4 is 9.47 Å². The number of carbonyl (C=O) groups excluding carboxylic acids is 1. The van der Waals surface area contributed by atoms with E-state index in [1.807, 2.05) is 31.2 Å². The zero-order valence-corrected chi connectivity index (χ0v) is 15.8. The largest absolute Gasteiger partial charge is 0.486 e. The van der Waals surface area contributed by atoms with Gasteiger partial charge in [-0.2, -0.15) is 0 Å². The fourth-order valence-corrected chi connectivity index (χ4v) is 3.74. The van der Waals surface area contributed by atoms with Crippen LogP contribution in [0.15, 0.2) is 53.4 Å². The summed E-state index contributed by atoms with van der Waals surface area (Å²) in [5.74, 6) is 1.36. The number of fused-ring (bicyclic) bond motifs is 1. The maximum atomic E-state index is 12.6. The lowest BCUT2D eigenvalue weighted by Gasteiger charge is -2.30. The summed E-state index contributed by atoms with van der Waals surface area (Å²) < 4.78 is 11.6. The number of nitro groups is 1. The normalized spacial score (nSPS) is 16.4. The van der Waals surface area contributed by atoms with Gasteiger partial charge in [0.05, 0.1) is 16.7 Å².